The molecule has 1 fully saturated rings. The lowest BCUT2D eigenvalue weighted by Crippen LogP contribution is -2.59. The maximum absolute atomic E-state index is 13.7. The van der Waals surface area contributed by atoms with Gasteiger partial charge >= 0.3 is 6.09 Å². The quantitative estimate of drug-likeness (QED) is 0.289. The molecule has 0 saturated carbocycles. The van der Waals surface area contributed by atoms with Gasteiger partial charge in [-0.25, -0.2) is 31.3 Å². The van der Waals surface area contributed by atoms with Crippen LogP contribution in [0.4, 0.5) is 4.79 Å². The molecule has 2 aromatic heterocycles. The number of piperazine rings is 1. The van der Waals surface area contributed by atoms with Crippen molar-refractivity contribution in [2.24, 2.45) is 0 Å². The average molecular weight is 673 g/mol. The lowest BCUT2D eigenvalue weighted by atomic mass is 10.1. The number of nitrogens with one attached hydrogen (secondary N) is 3. The minimum Gasteiger partial charge on any atom is -0.449 e. The van der Waals surface area contributed by atoms with Crippen molar-refractivity contribution in [1.82, 2.24) is 29.2 Å². The van der Waals surface area contributed by atoms with E-state index in [1.54, 1.807) is 18.2 Å². The number of halogens is 1. The number of unbranched alkanes of at least 4 members (excludes halogenated alkanes) is 1. The highest BCUT2D eigenvalue weighted by Gasteiger charge is 2.40. The Kier molecular flexibility index (Phi) is 9.34. The van der Waals surface area contributed by atoms with Gasteiger partial charge in [0, 0.05) is 59.4 Å². The molecule has 234 valence electrons. The Balaban J connectivity index is 1.40. The van der Waals surface area contributed by atoms with E-state index >= 15 is 0 Å². The zero-order valence-electron chi connectivity index (χ0n) is 23.6. The van der Waals surface area contributed by atoms with Crippen LogP contribution in [0.15, 0.2) is 29.3 Å². The van der Waals surface area contributed by atoms with Crippen molar-refractivity contribution in [3.05, 3.63) is 44.9 Å². The Morgan fingerprint density at radius 3 is 2.77 bits per heavy atom. The highest BCUT2D eigenvalue weighted by molar-refractivity contribution is 7.90. The van der Waals surface area contributed by atoms with E-state index in [4.69, 9.17) is 16.3 Å². The first kappa shape index (κ1) is 31.7. The van der Waals surface area contributed by atoms with Crippen molar-refractivity contribution in [3.8, 4) is 0 Å². The average Bonchev–Trinajstić information content (AvgIpc) is 3.56. The van der Waals surface area contributed by atoms with Crippen LogP contribution in [0.3, 0.4) is 0 Å². The van der Waals surface area contributed by atoms with Gasteiger partial charge in [0.2, 0.25) is 10.0 Å². The molecule has 2 aliphatic rings. The maximum atomic E-state index is 13.7. The highest BCUT2D eigenvalue weighted by atomic mass is 35.5. The van der Waals surface area contributed by atoms with E-state index in [0.717, 1.165) is 21.3 Å². The predicted octanol–water partition coefficient (Wildman–Crippen LogP) is 2.68. The molecule has 17 heteroatoms. The minimum atomic E-state index is -4.32. The van der Waals surface area contributed by atoms with Crippen LogP contribution in [-0.2, 0) is 37.7 Å². The number of thiazole rings is 1. The fraction of sp³-hybridized carbons (Fsp3) is 0.500. The molecule has 4 heterocycles. The molecular weight excluding hydrogens is 640 g/mol. The van der Waals surface area contributed by atoms with Crippen LogP contribution in [0, 0.1) is 0 Å². The summed E-state index contributed by atoms with van der Waals surface area (Å²) in [7, 11) is -8.44. The number of carbonyl (C=O) groups excluding carboxylic acids is 2. The smallest absolute Gasteiger partial charge is 0.420 e. The van der Waals surface area contributed by atoms with E-state index < -0.39 is 43.8 Å². The Bertz CT molecular complexity index is 1740. The molecule has 2 aliphatic heterocycles. The summed E-state index contributed by atoms with van der Waals surface area (Å²) in [6, 6.07) is 5.48. The van der Waals surface area contributed by atoms with Crippen LogP contribution < -0.4 is 10.0 Å². The van der Waals surface area contributed by atoms with Gasteiger partial charge in [-0.1, -0.05) is 24.9 Å². The molecule has 0 aliphatic carbocycles. The third-order valence-corrected chi connectivity index (χ3v) is 11.7. The van der Waals surface area contributed by atoms with Gasteiger partial charge in [-0.05, 0) is 37.6 Å². The van der Waals surface area contributed by atoms with Gasteiger partial charge in [-0.3, -0.25) is 4.79 Å². The number of hydrogen-bond acceptors (Lipinski definition) is 10. The Morgan fingerprint density at radius 1 is 1.21 bits per heavy atom. The second-order valence-corrected chi connectivity index (χ2v) is 15.8. The molecule has 5 rings (SSSR count). The number of H-pyrrole nitrogens is 1. The molecule has 2 atom stereocenters. The highest BCUT2D eigenvalue weighted by Crippen LogP contribution is 2.29. The number of amides is 2. The first-order valence-corrected chi connectivity index (χ1v) is 18.1. The van der Waals surface area contributed by atoms with Gasteiger partial charge in [-0.2, -0.15) is 4.31 Å². The summed E-state index contributed by atoms with van der Waals surface area (Å²) in [6.45, 7) is 4.07. The van der Waals surface area contributed by atoms with E-state index in [1.165, 1.54) is 22.3 Å². The first-order chi connectivity index (χ1) is 20.4. The van der Waals surface area contributed by atoms with Crippen LogP contribution >= 0.6 is 22.9 Å². The molecule has 1 aromatic carbocycles. The van der Waals surface area contributed by atoms with E-state index in [1.807, 2.05) is 18.6 Å². The van der Waals surface area contributed by atoms with E-state index in [-0.39, 0.29) is 42.3 Å². The maximum Gasteiger partial charge on any atom is 0.420 e. The number of ether oxygens (including phenoxy) is 1. The number of benzene rings is 1. The molecule has 1 saturated heterocycles. The summed E-state index contributed by atoms with van der Waals surface area (Å²) in [5, 5.41) is 4.49. The largest absolute Gasteiger partial charge is 0.449 e. The second kappa shape index (κ2) is 12.7. The first-order valence-electron chi connectivity index (χ1n) is 13.8. The van der Waals surface area contributed by atoms with E-state index in [9.17, 15) is 26.4 Å². The van der Waals surface area contributed by atoms with Gasteiger partial charge < -0.3 is 19.9 Å². The molecular formula is C26H33ClN6O7S3. The van der Waals surface area contributed by atoms with Crippen molar-refractivity contribution in [1.29, 1.82) is 0 Å². The number of hydrogen-bond donors (Lipinski definition) is 3. The third-order valence-electron chi connectivity index (χ3n) is 7.34. The molecule has 0 radical (unpaired) electrons. The summed E-state index contributed by atoms with van der Waals surface area (Å²) in [4.78, 5) is 35.6. The van der Waals surface area contributed by atoms with Crippen molar-refractivity contribution < 1.29 is 31.2 Å². The fourth-order valence-corrected chi connectivity index (χ4v) is 8.94. The number of carbonyl (C=O) groups is 2. The van der Waals surface area contributed by atoms with Gasteiger partial charge in [0.05, 0.1) is 24.1 Å². The Hall–Kier alpha value is -2.76. The zero-order valence-corrected chi connectivity index (χ0v) is 26.8. The zero-order chi connectivity index (χ0) is 30.9. The second-order valence-electron chi connectivity index (χ2n) is 10.6. The SMILES string of the molecule is CCCCOC(=O)NS(=O)(=O)CC1CN(S(=O)(=O)c2cc3cc(Cl)ccc3[nH]2)CCN1C(=O)c1nc2c(s1)CNC(C)C2. The molecule has 2 amide bonds. The van der Waals surface area contributed by atoms with Crippen LogP contribution in [-0.4, -0.2) is 92.1 Å². The van der Waals surface area contributed by atoms with Crippen LogP contribution in [0.2, 0.25) is 5.02 Å². The number of sulfonamides is 2. The van der Waals surface area contributed by atoms with Gasteiger partial charge in [0.1, 0.15) is 5.03 Å². The Morgan fingerprint density at radius 2 is 2.00 bits per heavy atom. The molecule has 3 N–H and O–H groups in total. The number of aromatic nitrogens is 2. The summed E-state index contributed by atoms with van der Waals surface area (Å²) >= 11 is 7.30. The van der Waals surface area contributed by atoms with Crippen molar-refractivity contribution in [3.63, 3.8) is 0 Å². The number of rotatable bonds is 9. The van der Waals surface area contributed by atoms with E-state index in [2.05, 4.69) is 15.3 Å². The summed E-state index contributed by atoms with van der Waals surface area (Å²) in [5.74, 6) is -1.21. The lowest BCUT2D eigenvalue weighted by Gasteiger charge is -2.40. The van der Waals surface area contributed by atoms with Crippen LogP contribution in [0.25, 0.3) is 10.9 Å². The minimum absolute atomic E-state index is 0.0514. The van der Waals surface area contributed by atoms with Gasteiger partial charge in [0.15, 0.2) is 5.01 Å². The number of nitrogens with zero attached hydrogens (tertiary/aromatic N) is 3. The monoisotopic (exact) mass is 672 g/mol. The predicted molar refractivity (Wildman–Crippen MR) is 162 cm³/mol. The van der Waals surface area contributed by atoms with Crippen LogP contribution in [0.1, 0.15) is 47.1 Å². The molecule has 2 unspecified atom stereocenters. The molecule has 0 spiro atoms. The molecule has 0 bridgehead atoms. The van der Waals surface area contributed by atoms with E-state index in [0.29, 0.717) is 35.3 Å². The molecule has 43 heavy (non-hydrogen) atoms. The Labute approximate surface area is 259 Å². The van der Waals surface area contributed by atoms with Crippen LogP contribution in [0.5, 0.6) is 0 Å². The molecule has 3 aromatic rings. The fourth-order valence-electron chi connectivity index (χ4n) is 5.09. The van der Waals surface area contributed by atoms with Crippen molar-refractivity contribution in [2.75, 3.05) is 32.0 Å². The van der Waals surface area contributed by atoms with Gasteiger partial charge in [-0.15, -0.1) is 11.3 Å². The van der Waals surface area contributed by atoms with Gasteiger partial charge in [0.25, 0.3) is 15.9 Å². The topological polar surface area (TPSA) is 171 Å². The summed E-state index contributed by atoms with van der Waals surface area (Å²) < 4.78 is 61.5. The summed E-state index contributed by atoms with van der Waals surface area (Å²) in [6.07, 6.45) is 0.847. The van der Waals surface area contributed by atoms with Crippen molar-refractivity contribution >= 4 is 65.9 Å². The van der Waals surface area contributed by atoms with Crippen molar-refractivity contribution in [2.45, 2.75) is 56.8 Å². The molecule has 13 nitrogen and oxygen atoms in total. The third kappa shape index (κ3) is 7.15. The number of fused-ring (bicyclic) bond motifs is 2. The summed E-state index contributed by atoms with van der Waals surface area (Å²) in [5.41, 5.74) is 1.39. The lowest BCUT2D eigenvalue weighted by molar-refractivity contribution is 0.0594. The number of aromatic amines is 1. The normalized spacial score (nSPS) is 19.7. The standard InChI is InChI=1S/C26H33ClN6O7S3/c1-3-4-9-40-26(35)31-42(36,37)15-19-14-32(43(38,39)23-12-17-11-18(27)5-6-20(17)29-23)7-8-33(19)25(34)24-30-21-10-16(2)28-13-22(21)41-24/h5-6,11-12,16,19,28-29H,3-4,7-10,13-15H2,1-2H3,(H,31,35).